The van der Waals surface area contributed by atoms with E-state index in [1.165, 1.54) is 17.3 Å². The molecule has 0 bridgehead atoms. The number of thiazole rings is 1. The van der Waals surface area contributed by atoms with Crippen molar-refractivity contribution in [3.63, 3.8) is 0 Å². The molecule has 4 aromatic rings. The van der Waals surface area contributed by atoms with E-state index in [0.29, 0.717) is 0 Å². The first-order valence-electron chi connectivity index (χ1n) is 10.3. The Labute approximate surface area is 177 Å². The largest absolute Gasteiger partial charge is 0.378 e. The molecule has 0 amide bonds. The first kappa shape index (κ1) is 18.1. The molecule has 1 fully saturated rings. The van der Waals surface area contributed by atoms with Gasteiger partial charge in [-0.3, -0.25) is 0 Å². The molecule has 30 heavy (non-hydrogen) atoms. The van der Waals surface area contributed by atoms with Crippen molar-refractivity contribution in [1.82, 2.24) is 14.5 Å². The van der Waals surface area contributed by atoms with Crippen molar-refractivity contribution in [2.45, 2.75) is 13.0 Å². The molecule has 3 aromatic heterocycles. The van der Waals surface area contributed by atoms with Crippen molar-refractivity contribution in [3.8, 4) is 0 Å². The summed E-state index contributed by atoms with van der Waals surface area (Å²) >= 11 is 1.72. The molecule has 0 N–H and O–H groups in total. The molecule has 154 valence electrons. The van der Waals surface area contributed by atoms with Gasteiger partial charge in [-0.2, -0.15) is 0 Å². The quantitative estimate of drug-likeness (QED) is 0.492. The molecule has 0 saturated carbocycles. The maximum atomic E-state index is 13.8. The maximum Gasteiger partial charge on any atom is 0.186 e. The number of hydrogen-bond acceptors (Lipinski definition) is 6. The number of benzene rings is 1. The fraction of sp³-hybridized carbons (Fsp3) is 0.364. The molecule has 0 unspecified atom stereocenters. The Hall–Kier alpha value is -2.71. The molecule has 1 saturated heterocycles. The van der Waals surface area contributed by atoms with E-state index in [2.05, 4.69) is 27.5 Å². The van der Waals surface area contributed by atoms with E-state index in [1.54, 1.807) is 17.4 Å². The summed E-state index contributed by atoms with van der Waals surface area (Å²) in [4.78, 5) is 14.1. The Bertz CT molecular complexity index is 1260. The number of ether oxygens (including phenoxy) is 1. The number of hydrogen-bond donors (Lipinski definition) is 0. The minimum absolute atomic E-state index is 0.174. The number of anilines is 2. The fourth-order valence-electron chi connectivity index (χ4n) is 4.60. The van der Waals surface area contributed by atoms with Gasteiger partial charge in [-0.25, -0.2) is 14.4 Å². The molecule has 2 aliphatic heterocycles. The Morgan fingerprint density at radius 1 is 1.10 bits per heavy atom. The molecule has 0 spiro atoms. The summed E-state index contributed by atoms with van der Waals surface area (Å²) in [7, 11) is 2.07. The summed E-state index contributed by atoms with van der Waals surface area (Å²) in [6, 6.07) is 7.24. The average molecular weight is 424 g/mol. The van der Waals surface area contributed by atoms with Gasteiger partial charge in [0.15, 0.2) is 5.13 Å². The predicted molar refractivity (Wildman–Crippen MR) is 118 cm³/mol. The van der Waals surface area contributed by atoms with Crippen LogP contribution in [0.25, 0.3) is 21.1 Å². The number of aryl methyl sites for hydroxylation is 1. The third-order valence-corrected chi connectivity index (χ3v) is 7.30. The van der Waals surface area contributed by atoms with Crippen molar-refractivity contribution in [2.75, 3.05) is 42.6 Å². The van der Waals surface area contributed by atoms with Crippen LogP contribution >= 0.6 is 11.3 Å². The Morgan fingerprint density at radius 3 is 2.83 bits per heavy atom. The van der Waals surface area contributed by atoms with Crippen molar-refractivity contribution in [3.05, 3.63) is 47.5 Å². The lowest BCUT2D eigenvalue weighted by Gasteiger charge is -2.29. The van der Waals surface area contributed by atoms with Gasteiger partial charge in [0.05, 0.1) is 30.7 Å². The summed E-state index contributed by atoms with van der Waals surface area (Å²) in [6.45, 7) is 4.92. The molecular formula is C22H22FN5OS. The van der Waals surface area contributed by atoms with Gasteiger partial charge in [0, 0.05) is 49.3 Å². The maximum absolute atomic E-state index is 13.8. The second-order valence-electron chi connectivity index (χ2n) is 7.92. The van der Waals surface area contributed by atoms with Gasteiger partial charge in [-0.15, -0.1) is 0 Å². The van der Waals surface area contributed by atoms with Crippen LogP contribution in [0.3, 0.4) is 0 Å². The Morgan fingerprint density at radius 2 is 1.97 bits per heavy atom. The lowest BCUT2D eigenvalue weighted by molar-refractivity contribution is 0.122. The lowest BCUT2D eigenvalue weighted by Crippen LogP contribution is -2.36. The van der Waals surface area contributed by atoms with Gasteiger partial charge in [0.25, 0.3) is 0 Å². The third kappa shape index (κ3) is 2.86. The van der Waals surface area contributed by atoms with Crippen molar-refractivity contribution in [1.29, 1.82) is 0 Å². The molecule has 5 heterocycles. The van der Waals surface area contributed by atoms with Gasteiger partial charge in [-0.05, 0) is 30.2 Å². The zero-order chi connectivity index (χ0) is 20.2. The van der Waals surface area contributed by atoms with E-state index in [9.17, 15) is 4.39 Å². The monoisotopic (exact) mass is 423 g/mol. The number of fused-ring (bicyclic) bond motifs is 4. The van der Waals surface area contributed by atoms with Crippen LogP contribution in [0, 0.1) is 5.82 Å². The van der Waals surface area contributed by atoms with Gasteiger partial charge >= 0.3 is 0 Å². The van der Waals surface area contributed by atoms with Crippen LogP contribution in [0.4, 0.5) is 15.3 Å². The van der Waals surface area contributed by atoms with Gasteiger partial charge in [0.1, 0.15) is 17.2 Å². The van der Waals surface area contributed by atoms with Crippen LogP contribution in [0.2, 0.25) is 0 Å². The first-order valence-corrected chi connectivity index (χ1v) is 11.1. The van der Waals surface area contributed by atoms with Gasteiger partial charge in [0.2, 0.25) is 0 Å². The second kappa shape index (κ2) is 6.92. The van der Waals surface area contributed by atoms with Crippen LogP contribution in [0.1, 0.15) is 11.3 Å². The molecule has 6 nitrogen and oxygen atoms in total. The lowest BCUT2D eigenvalue weighted by atomic mass is 10.0. The number of rotatable bonds is 2. The minimum atomic E-state index is -0.174. The second-order valence-corrected chi connectivity index (χ2v) is 8.93. The van der Waals surface area contributed by atoms with E-state index < -0.39 is 0 Å². The van der Waals surface area contributed by atoms with Crippen molar-refractivity contribution in [2.24, 2.45) is 7.05 Å². The number of pyridine rings is 1. The molecule has 6 rings (SSSR count). The summed E-state index contributed by atoms with van der Waals surface area (Å²) in [5.74, 6) is 0.800. The number of morpholine rings is 1. The highest BCUT2D eigenvalue weighted by Crippen LogP contribution is 2.34. The smallest absolute Gasteiger partial charge is 0.186 e. The molecule has 0 aliphatic carbocycles. The van der Waals surface area contributed by atoms with Crippen LogP contribution in [-0.2, 0) is 24.8 Å². The van der Waals surface area contributed by atoms with E-state index in [-0.39, 0.29) is 5.82 Å². The summed E-state index contributed by atoms with van der Waals surface area (Å²) in [6.07, 6.45) is 2.77. The summed E-state index contributed by atoms with van der Waals surface area (Å²) < 4.78 is 22.6. The van der Waals surface area contributed by atoms with Crippen LogP contribution in [0.5, 0.6) is 0 Å². The van der Waals surface area contributed by atoms with E-state index >= 15 is 0 Å². The highest BCUT2D eigenvalue weighted by atomic mass is 32.1. The molecule has 8 heteroatoms. The van der Waals surface area contributed by atoms with E-state index in [4.69, 9.17) is 14.7 Å². The zero-order valence-corrected chi connectivity index (χ0v) is 17.6. The fourth-order valence-corrected chi connectivity index (χ4v) is 5.62. The van der Waals surface area contributed by atoms with Gasteiger partial charge in [-0.1, -0.05) is 11.3 Å². The summed E-state index contributed by atoms with van der Waals surface area (Å²) in [5.41, 5.74) is 4.53. The third-order valence-electron chi connectivity index (χ3n) is 6.23. The average Bonchev–Trinajstić information content (AvgIpc) is 3.33. The molecule has 1 aromatic carbocycles. The molecule has 0 radical (unpaired) electrons. The van der Waals surface area contributed by atoms with Crippen LogP contribution in [-0.4, -0.2) is 47.4 Å². The zero-order valence-electron chi connectivity index (χ0n) is 16.8. The molecule has 0 atom stereocenters. The van der Waals surface area contributed by atoms with E-state index in [1.807, 2.05) is 12.3 Å². The summed E-state index contributed by atoms with van der Waals surface area (Å²) in [5, 5.41) is 2.08. The SMILES string of the molecule is Cn1c2c(c3cc(F)ccc31)CCN(c1cc3sc(N4CCOCC4)nc3cn1)C2. The Balaban J connectivity index is 1.33. The Kier molecular flexibility index (Phi) is 4.17. The minimum Gasteiger partial charge on any atom is -0.378 e. The van der Waals surface area contributed by atoms with Gasteiger partial charge < -0.3 is 19.1 Å². The van der Waals surface area contributed by atoms with Crippen molar-refractivity contribution >= 4 is 43.4 Å². The van der Waals surface area contributed by atoms with Crippen molar-refractivity contribution < 1.29 is 9.13 Å². The highest BCUT2D eigenvalue weighted by Gasteiger charge is 2.24. The van der Waals surface area contributed by atoms with Crippen LogP contribution in [0.15, 0.2) is 30.5 Å². The highest BCUT2D eigenvalue weighted by molar-refractivity contribution is 7.22. The van der Waals surface area contributed by atoms with Crippen LogP contribution < -0.4 is 9.80 Å². The number of halogens is 1. The topological polar surface area (TPSA) is 46.4 Å². The number of nitrogens with zero attached hydrogens (tertiary/aromatic N) is 5. The number of aromatic nitrogens is 3. The van der Waals surface area contributed by atoms with E-state index in [0.717, 1.165) is 77.9 Å². The standard InChI is InChI=1S/C22H22FN5OS/c1-26-18-3-2-14(23)10-16(18)15-4-5-28(13-19(15)26)21-11-20-17(12-24-21)25-22(30-20)27-6-8-29-9-7-27/h2-3,10-12H,4-9,13H2,1H3. The normalized spacial score (nSPS) is 17.1. The molecular weight excluding hydrogens is 401 g/mol. The first-order chi connectivity index (χ1) is 14.7. The predicted octanol–water partition coefficient (Wildman–Crippen LogP) is 3.72. The molecule has 2 aliphatic rings.